The van der Waals surface area contributed by atoms with Crippen LogP contribution in [-0.4, -0.2) is 47.6 Å². The summed E-state index contributed by atoms with van der Waals surface area (Å²) in [5.74, 6) is 0.140. The van der Waals surface area contributed by atoms with E-state index in [2.05, 4.69) is 15.6 Å². The standard InChI is InChI=1S/C18H19N5O4/c1-9(2)27-13-6-11-10(5-12(13)14(19)24)3-4-20-15(11)23-7-18(8-23)16(25)21-17(26)22-18/h3-6,9H,7-8H2,1-2H3,(H2,19,24)(H2,21,22,25,26). The molecule has 9 heteroatoms. The molecule has 0 bridgehead atoms. The number of nitrogens with zero attached hydrogens (tertiary/aromatic N) is 2. The number of ether oxygens (including phenoxy) is 1. The predicted octanol–water partition coefficient (Wildman–Crippen LogP) is 0.519. The van der Waals surface area contributed by atoms with E-state index in [9.17, 15) is 14.4 Å². The number of imide groups is 1. The Balaban J connectivity index is 1.73. The predicted molar refractivity (Wildman–Crippen MR) is 97.6 cm³/mol. The van der Waals surface area contributed by atoms with Crippen molar-refractivity contribution in [2.45, 2.75) is 25.5 Å². The van der Waals surface area contributed by atoms with Gasteiger partial charge in [0.2, 0.25) is 0 Å². The van der Waals surface area contributed by atoms with Gasteiger partial charge in [0, 0.05) is 11.6 Å². The highest BCUT2D eigenvalue weighted by Gasteiger charge is 2.55. The molecular formula is C18H19N5O4. The molecule has 2 aromatic rings. The van der Waals surface area contributed by atoms with Gasteiger partial charge in [-0.3, -0.25) is 14.9 Å². The quantitative estimate of drug-likeness (QED) is 0.675. The molecule has 1 aromatic carbocycles. The van der Waals surface area contributed by atoms with Crippen molar-refractivity contribution in [3.63, 3.8) is 0 Å². The molecule has 2 aliphatic rings. The number of anilines is 1. The van der Waals surface area contributed by atoms with E-state index in [1.807, 2.05) is 18.7 Å². The molecule has 0 radical (unpaired) electrons. The number of urea groups is 1. The zero-order chi connectivity index (χ0) is 19.3. The lowest BCUT2D eigenvalue weighted by atomic mass is 9.89. The molecule has 0 aliphatic carbocycles. The number of rotatable bonds is 4. The maximum Gasteiger partial charge on any atom is 0.322 e. The van der Waals surface area contributed by atoms with Crippen LogP contribution in [0.15, 0.2) is 24.4 Å². The van der Waals surface area contributed by atoms with Crippen LogP contribution in [0.2, 0.25) is 0 Å². The van der Waals surface area contributed by atoms with Crippen molar-refractivity contribution in [2.24, 2.45) is 5.73 Å². The molecule has 0 unspecified atom stereocenters. The Bertz CT molecular complexity index is 981. The van der Waals surface area contributed by atoms with Gasteiger partial charge >= 0.3 is 6.03 Å². The van der Waals surface area contributed by atoms with Gasteiger partial charge in [-0.05, 0) is 37.4 Å². The number of hydrogen-bond acceptors (Lipinski definition) is 6. The third kappa shape index (κ3) is 2.71. The van der Waals surface area contributed by atoms with Crippen molar-refractivity contribution < 1.29 is 19.1 Å². The highest BCUT2D eigenvalue weighted by atomic mass is 16.5. The molecule has 0 saturated carbocycles. The lowest BCUT2D eigenvalue weighted by molar-refractivity contribution is -0.124. The molecule has 2 aliphatic heterocycles. The summed E-state index contributed by atoms with van der Waals surface area (Å²) in [5, 5.41) is 6.49. The second-order valence-corrected chi connectivity index (χ2v) is 7.08. The number of nitrogens with two attached hydrogens (primary N) is 1. The highest BCUT2D eigenvalue weighted by Crippen LogP contribution is 2.36. The second-order valence-electron chi connectivity index (χ2n) is 7.08. The van der Waals surface area contributed by atoms with Crippen LogP contribution in [0.1, 0.15) is 24.2 Å². The molecule has 4 N–H and O–H groups in total. The van der Waals surface area contributed by atoms with Crippen LogP contribution in [0.3, 0.4) is 0 Å². The maximum atomic E-state index is 12.0. The van der Waals surface area contributed by atoms with E-state index < -0.39 is 17.5 Å². The first kappa shape index (κ1) is 17.1. The average molecular weight is 369 g/mol. The van der Waals surface area contributed by atoms with E-state index >= 15 is 0 Å². The fourth-order valence-corrected chi connectivity index (χ4v) is 3.49. The number of aromatic nitrogens is 1. The molecule has 4 rings (SSSR count). The van der Waals surface area contributed by atoms with Gasteiger partial charge in [0.15, 0.2) is 5.54 Å². The summed E-state index contributed by atoms with van der Waals surface area (Å²) in [7, 11) is 0. The van der Waals surface area contributed by atoms with Crippen molar-refractivity contribution in [3.8, 4) is 5.75 Å². The minimum atomic E-state index is -0.911. The molecular weight excluding hydrogens is 350 g/mol. The first-order valence-electron chi connectivity index (χ1n) is 8.57. The molecule has 9 nitrogen and oxygen atoms in total. The SMILES string of the molecule is CC(C)Oc1cc2c(N3CC4(C3)NC(=O)NC4=O)nccc2cc1C(N)=O. The Morgan fingerprint density at radius 2 is 2.07 bits per heavy atom. The molecule has 0 atom stereocenters. The van der Waals surface area contributed by atoms with Gasteiger partial charge in [-0.1, -0.05) is 0 Å². The number of carbonyl (C=O) groups is 3. The summed E-state index contributed by atoms with van der Waals surface area (Å²) in [4.78, 5) is 41.6. The maximum absolute atomic E-state index is 12.0. The smallest absolute Gasteiger partial charge is 0.322 e. The second kappa shape index (κ2) is 5.83. The zero-order valence-corrected chi connectivity index (χ0v) is 14.9. The summed E-state index contributed by atoms with van der Waals surface area (Å²) in [5.41, 5.74) is 4.88. The lowest BCUT2D eigenvalue weighted by Gasteiger charge is -2.46. The van der Waals surface area contributed by atoms with Gasteiger partial charge in [-0.25, -0.2) is 9.78 Å². The Morgan fingerprint density at radius 1 is 1.33 bits per heavy atom. The Labute approximate surface area is 154 Å². The van der Waals surface area contributed by atoms with Crippen molar-refractivity contribution in [2.75, 3.05) is 18.0 Å². The normalized spacial score (nSPS) is 17.8. The zero-order valence-electron chi connectivity index (χ0n) is 14.9. The lowest BCUT2D eigenvalue weighted by Crippen LogP contribution is -2.71. The molecule has 1 aromatic heterocycles. The van der Waals surface area contributed by atoms with Crippen LogP contribution in [0.25, 0.3) is 10.8 Å². The first-order chi connectivity index (χ1) is 12.8. The van der Waals surface area contributed by atoms with Crippen LogP contribution in [0, 0.1) is 0 Å². The number of benzene rings is 1. The number of amides is 4. The minimum Gasteiger partial charge on any atom is -0.490 e. The van der Waals surface area contributed by atoms with Crippen LogP contribution >= 0.6 is 0 Å². The fraction of sp³-hybridized carbons (Fsp3) is 0.333. The van der Waals surface area contributed by atoms with Gasteiger partial charge in [0.1, 0.15) is 11.6 Å². The average Bonchev–Trinajstić information content (AvgIpc) is 2.86. The van der Waals surface area contributed by atoms with Gasteiger partial charge in [-0.2, -0.15) is 0 Å². The third-order valence-corrected chi connectivity index (χ3v) is 4.71. The van der Waals surface area contributed by atoms with Crippen molar-refractivity contribution >= 4 is 34.4 Å². The van der Waals surface area contributed by atoms with E-state index in [-0.39, 0.29) is 12.0 Å². The molecule has 4 amide bonds. The molecule has 27 heavy (non-hydrogen) atoms. The number of fused-ring (bicyclic) bond motifs is 1. The van der Waals surface area contributed by atoms with E-state index in [4.69, 9.17) is 10.5 Å². The van der Waals surface area contributed by atoms with Crippen molar-refractivity contribution in [1.82, 2.24) is 15.6 Å². The number of pyridine rings is 1. The molecule has 1 spiro atoms. The van der Waals surface area contributed by atoms with Gasteiger partial charge < -0.3 is 20.7 Å². The molecule has 140 valence electrons. The van der Waals surface area contributed by atoms with Crippen molar-refractivity contribution in [1.29, 1.82) is 0 Å². The van der Waals surface area contributed by atoms with E-state index in [0.717, 1.165) is 10.8 Å². The summed E-state index contributed by atoms with van der Waals surface area (Å²) in [6, 6.07) is 4.73. The number of carbonyl (C=O) groups excluding carboxylic acids is 3. The monoisotopic (exact) mass is 369 g/mol. The Morgan fingerprint density at radius 3 is 2.67 bits per heavy atom. The Hall–Kier alpha value is -3.36. The number of hydrogen-bond donors (Lipinski definition) is 3. The van der Waals surface area contributed by atoms with Crippen LogP contribution in [0.5, 0.6) is 5.75 Å². The van der Waals surface area contributed by atoms with E-state index in [0.29, 0.717) is 30.2 Å². The van der Waals surface area contributed by atoms with Gasteiger partial charge in [0.05, 0.1) is 24.8 Å². The molecule has 3 heterocycles. The van der Waals surface area contributed by atoms with E-state index in [1.165, 1.54) is 0 Å². The van der Waals surface area contributed by atoms with Gasteiger partial charge in [-0.15, -0.1) is 0 Å². The minimum absolute atomic E-state index is 0.134. The van der Waals surface area contributed by atoms with E-state index in [1.54, 1.807) is 24.4 Å². The highest BCUT2D eigenvalue weighted by molar-refractivity contribution is 6.09. The van der Waals surface area contributed by atoms with Crippen LogP contribution < -0.4 is 26.0 Å². The largest absolute Gasteiger partial charge is 0.490 e. The molecule has 2 saturated heterocycles. The fourth-order valence-electron chi connectivity index (χ4n) is 3.49. The third-order valence-electron chi connectivity index (χ3n) is 4.71. The van der Waals surface area contributed by atoms with Crippen molar-refractivity contribution in [3.05, 3.63) is 30.0 Å². The number of nitrogens with one attached hydrogen (secondary N) is 2. The van der Waals surface area contributed by atoms with Crippen LogP contribution in [0.4, 0.5) is 10.6 Å². The van der Waals surface area contributed by atoms with Crippen LogP contribution in [-0.2, 0) is 4.79 Å². The topological polar surface area (TPSA) is 127 Å². The summed E-state index contributed by atoms with van der Waals surface area (Å²) in [6.45, 7) is 4.35. The molecule has 2 fully saturated rings. The summed E-state index contributed by atoms with van der Waals surface area (Å²) in [6.07, 6.45) is 1.49. The van der Waals surface area contributed by atoms with Gasteiger partial charge in [0.25, 0.3) is 11.8 Å². The summed E-state index contributed by atoms with van der Waals surface area (Å²) >= 11 is 0. The Kier molecular flexibility index (Phi) is 3.69. The first-order valence-corrected chi connectivity index (χ1v) is 8.57. The summed E-state index contributed by atoms with van der Waals surface area (Å²) < 4.78 is 5.76. The number of primary amides is 1.